The molecule has 0 aliphatic rings. The van der Waals surface area contributed by atoms with Crippen LogP contribution in [0.4, 0.5) is 34.1 Å². The summed E-state index contributed by atoms with van der Waals surface area (Å²) >= 11 is 0. The molecular weight excluding hydrogens is 647 g/mol. The Morgan fingerprint density at radius 2 is 0.780 bits per heavy atom. The number of hydrogen-bond donors (Lipinski definition) is 0. The van der Waals surface area contributed by atoms with Crippen LogP contribution < -0.4 is 24.0 Å². The van der Waals surface area contributed by atoms with Crippen LogP contribution in [0.25, 0.3) is 10.9 Å². The zero-order valence-electron chi connectivity index (χ0n) is 27.8. The maximum atomic E-state index is 13.7. The average molecular weight is 682 g/mol. The van der Waals surface area contributed by atoms with Gasteiger partial charge in [-0.2, -0.15) is 0 Å². The first kappa shape index (κ1) is 32.4. The summed E-state index contributed by atoms with van der Waals surface area (Å²) in [5.74, 6) is 2.28. The second-order valence-electron chi connectivity index (χ2n) is 11.5. The van der Waals surface area contributed by atoms with E-state index in [1.807, 2.05) is 103 Å². The van der Waals surface area contributed by atoms with Gasteiger partial charge in [-0.15, -0.1) is 0 Å². The summed E-state index contributed by atoms with van der Waals surface area (Å²) in [7, 11) is 1.12. The number of benzene rings is 6. The molecule has 0 saturated heterocycles. The fourth-order valence-corrected chi connectivity index (χ4v) is 7.34. The quantitative estimate of drug-likeness (QED) is 0.135. The van der Waals surface area contributed by atoms with Crippen LogP contribution in [0.15, 0.2) is 163 Å². The Kier molecular flexibility index (Phi) is 8.89. The summed E-state index contributed by atoms with van der Waals surface area (Å²) in [6, 6.07) is 48.0. The number of ether oxygens (including phenoxy) is 3. The minimum Gasteiger partial charge on any atom is -0.497 e. The van der Waals surface area contributed by atoms with Crippen LogP contribution in [0.3, 0.4) is 0 Å². The summed E-state index contributed by atoms with van der Waals surface area (Å²) < 4.78 is 45.0. The van der Waals surface area contributed by atoms with Crippen LogP contribution in [0.5, 0.6) is 17.2 Å². The van der Waals surface area contributed by atoms with Crippen molar-refractivity contribution in [2.24, 2.45) is 0 Å². The molecule has 0 radical (unpaired) electrons. The minimum absolute atomic E-state index is 0.197. The van der Waals surface area contributed by atoms with Crippen LogP contribution >= 0.6 is 0 Å². The van der Waals surface area contributed by atoms with E-state index in [9.17, 15) is 8.42 Å². The molecule has 6 aromatic carbocycles. The molecule has 0 aliphatic carbocycles. The summed E-state index contributed by atoms with van der Waals surface area (Å²) in [5.41, 5.74) is 6.06. The molecule has 0 aliphatic heterocycles. The molecule has 0 spiro atoms. The third-order valence-corrected chi connectivity index (χ3v) is 10.3. The highest BCUT2D eigenvalue weighted by Gasteiger charge is 2.21. The van der Waals surface area contributed by atoms with Crippen molar-refractivity contribution in [1.29, 1.82) is 0 Å². The lowest BCUT2D eigenvalue weighted by Crippen LogP contribution is -2.14. The van der Waals surface area contributed by atoms with Gasteiger partial charge in [-0.05, 0) is 133 Å². The smallest absolute Gasteiger partial charge is 0.268 e. The van der Waals surface area contributed by atoms with Crippen molar-refractivity contribution >= 4 is 55.1 Å². The Hall–Kier alpha value is -6.19. The maximum absolute atomic E-state index is 13.7. The molecular formula is C41H35N3O5S. The molecule has 7 aromatic rings. The number of nitrogens with zero attached hydrogens (tertiary/aromatic N) is 3. The van der Waals surface area contributed by atoms with E-state index in [0.717, 1.165) is 56.8 Å². The molecule has 0 saturated carbocycles. The summed E-state index contributed by atoms with van der Waals surface area (Å²) in [6.07, 6.45) is 1.60. The third kappa shape index (κ3) is 6.22. The SMILES string of the molecule is COc1ccc(N(c2ccc(OC)cc2)c2ccc(N(c3ccc(OC)cc3)c3ccc(S(=O)(=O)n4ccc5ccccc54)cc3)cc2)cc1. The Morgan fingerprint density at radius 1 is 0.440 bits per heavy atom. The van der Waals surface area contributed by atoms with Gasteiger partial charge in [0.2, 0.25) is 0 Å². The lowest BCUT2D eigenvalue weighted by atomic mass is 10.1. The van der Waals surface area contributed by atoms with E-state index in [2.05, 4.69) is 34.1 Å². The van der Waals surface area contributed by atoms with Crippen molar-refractivity contribution in [2.75, 3.05) is 31.1 Å². The number of methoxy groups -OCH3 is 3. The second-order valence-corrected chi connectivity index (χ2v) is 13.3. The van der Waals surface area contributed by atoms with Gasteiger partial charge in [0.1, 0.15) is 17.2 Å². The fraction of sp³-hybridized carbons (Fsp3) is 0.0732. The normalized spacial score (nSPS) is 11.3. The number of anilines is 6. The van der Waals surface area contributed by atoms with Crippen LogP contribution in [-0.2, 0) is 10.0 Å². The molecule has 1 heterocycles. The predicted octanol–water partition coefficient (Wildman–Crippen LogP) is 9.84. The van der Waals surface area contributed by atoms with Crippen LogP contribution in [-0.4, -0.2) is 33.7 Å². The second kappa shape index (κ2) is 13.7. The molecule has 250 valence electrons. The van der Waals surface area contributed by atoms with E-state index >= 15 is 0 Å². The van der Waals surface area contributed by atoms with E-state index in [-0.39, 0.29) is 4.90 Å². The van der Waals surface area contributed by atoms with Gasteiger partial charge >= 0.3 is 0 Å². The van der Waals surface area contributed by atoms with E-state index < -0.39 is 10.0 Å². The first-order valence-corrected chi connectivity index (χ1v) is 17.4. The Bertz CT molecular complexity index is 2270. The van der Waals surface area contributed by atoms with Gasteiger partial charge in [-0.1, -0.05) is 18.2 Å². The van der Waals surface area contributed by atoms with Gasteiger partial charge in [0, 0.05) is 45.7 Å². The van der Waals surface area contributed by atoms with Crippen molar-refractivity contribution in [3.8, 4) is 17.2 Å². The average Bonchev–Trinajstić information content (AvgIpc) is 3.62. The highest BCUT2D eigenvalue weighted by atomic mass is 32.2. The Morgan fingerprint density at radius 3 is 1.16 bits per heavy atom. The van der Waals surface area contributed by atoms with Crippen molar-refractivity contribution in [3.05, 3.63) is 158 Å². The third-order valence-electron chi connectivity index (χ3n) is 8.57. The van der Waals surface area contributed by atoms with E-state index in [0.29, 0.717) is 5.52 Å². The number of para-hydroxylation sites is 1. The van der Waals surface area contributed by atoms with E-state index in [1.165, 1.54) is 3.97 Å². The summed E-state index contributed by atoms with van der Waals surface area (Å²) in [6.45, 7) is 0. The Labute approximate surface area is 292 Å². The predicted molar refractivity (Wildman–Crippen MR) is 200 cm³/mol. The lowest BCUT2D eigenvalue weighted by molar-refractivity contribution is 0.414. The number of rotatable bonds is 11. The van der Waals surface area contributed by atoms with Crippen molar-refractivity contribution < 1.29 is 22.6 Å². The van der Waals surface area contributed by atoms with E-state index in [4.69, 9.17) is 14.2 Å². The summed E-state index contributed by atoms with van der Waals surface area (Å²) in [4.78, 5) is 4.43. The standard InChI is InChI=1S/C41H35N3O5S/c1-47-37-20-12-33(13-21-37)43(34-14-22-38(48-2)23-15-34)31-8-10-32(11-9-31)44(35-16-24-39(49-3)25-17-35)36-18-26-40(27-19-36)50(45,46)42-29-28-30-6-4-5-7-41(30)42/h4-29H,1-3H3. The van der Waals surface area contributed by atoms with Crippen LogP contribution in [0.1, 0.15) is 0 Å². The van der Waals surface area contributed by atoms with Crippen molar-refractivity contribution in [2.45, 2.75) is 4.90 Å². The largest absolute Gasteiger partial charge is 0.497 e. The Balaban J connectivity index is 1.27. The first-order chi connectivity index (χ1) is 24.4. The first-order valence-electron chi connectivity index (χ1n) is 15.9. The molecule has 0 N–H and O–H groups in total. The highest BCUT2D eigenvalue weighted by Crippen LogP contribution is 2.40. The highest BCUT2D eigenvalue weighted by molar-refractivity contribution is 7.90. The molecule has 50 heavy (non-hydrogen) atoms. The lowest BCUT2D eigenvalue weighted by Gasteiger charge is -2.28. The molecule has 7 rings (SSSR count). The molecule has 9 heteroatoms. The molecule has 0 unspecified atom stereocenters. The van der Waals surface area contributed by atoms with Gasteiger partial charge in [0.05, 0.1) is 31.7 Å². The van der Waals surface area contributed by atoms with Gasteiger partial charge < -0.3 is 24.0 Å². The zero-order chi connectivity index (χ0) is 34.7. The van der Waals surface area contributed by atoms with Gasteiger partial charge in [0.15, 0.2) is 0 Å². The monoisotopic (exact) mass is 681 g/mol. The number of fused-ring (bicyclic) bond motifs is 1. The fourth-order valence-electron chi connectivity index (χ4n) is 5.99. The van der Waals surface area contributed by atoms with Gasteiger partial charge in [0.25, 0.3) is 10.0 Å². The summed E-state index contributed by atoms with van der Waals surface area (Å²) in [5, 5.41) is 0.861. The van der Waals surface area contributed by atoms with Crippen molar-refractivity contribution in [1.82, 2.24) is 3.97 Å². The van der Waals surface area contributed by atoms with Crippen LogP contribution in [0, 0.1) is 0 Å². The van der Waals surface area contributed by atoms with Crippen LogP contribution in [0.2, 0.25) is 0 Å². The number of aromatic nitrogens is 1. The molecule has 1 aromatic heterocycles. The maximum Gasteiger partial charge on any atom is 0.268 e. The van der Waals surface area contributed by atoms with Gasteiger partial charge in [-0.3, -0.25) is 0 Å². The molecule has 8 nitrogen and oxygen atoms in total. The molecule has 0 atom stereocenters. The molecule has 0 bridgehead atoms. The zero-order valence-corrected chi connectivity index (χ0v) is 28.6. The molecule has 0 fully saturated rings. The topological polar surface area (TPSA) is 73.2 Å². The van der Waals surface area contributed by atoms with Crippen molar-refractivity contribution in [3.63, 3.8) is 0 Å². The minimum atomic E-state index is -3.82. The van der Waals surface area contributed by atoms with Gasteiger partial charge in [-0.25, -0.2) is 12.4 Å². The van der Waals surface area contributed by atoms with E-state index in [1.54, 1.807) is 51.8 Å². The molecule has 0 amide bonds. The number of hydrogen-bond acceptors (Lipinski definition) is 7.